The number of likely N-dealkylation sites (tertiary alicyclic amines) is 1. The van der Waals surface area contributed by atoms with Gasteiger partial charge in [0, 0.05) is 50.4 Å². The zero-order valence-electron chi connectivity index (χ0n) is 14.3. The molecular weight excluding hydrogens is 318 g/mol. The molecule has 0 spiro atoms. The molecule has 0 bridgehead atoms. The molecule has 2 saturated heterocycles. The Bertz CT molecular complexity index is 705. The second-order valence-electron chi connectivity index (χ2n) is 6.97. The normalized spacial score (nSPS) is 26.3. The monoisotopic (exact) mass is 341 g/mol. The molecule has 2 atom stereocenters. The standard InChI is InChI=1S/C18H23N5O2/c1-13-9-23-16(8-19-20-23)18(25)22(13)12-15-7-17(24)21(11-15)10-14-5-3-2-4-6-14/h2-6,9,15-16,19-20H,7-8,10-12H2,1H3. The topological polar surface area (TPSA) is 67.9 Å². The predicted octanol–water partition coefficient (Wildman–Crippen LogP) is 0.432. The summed E-state index contributed by atoms with van der Waals surface area (Å²) in [5, 5.41) is 1.82. The van der Waals surface area contributed by atoms with E-state index in [2.05, 4.69) is 11.0 Å². The van der Waals surface area contributed by atoms with Crippen molar-refractivity contribution in [2.75, 3.05) is 19.6 Å². The summed E-state index contributed by atoms with van der Waals surface area (Å²) in [6, 6.07) is 9.83. The van der Waals surface area contributed by atoms with E-state index in [0.29, 0.717) is 32.6 Å². The number of rotatable bonds is 4. The molecule has 0 aliphatic carbocycles. The van der Waals surface area contributed by atoms with Crippen LogP contribution in [0.3, 0.4) is 0 Å². The number of nitrogens with one attached hydrogen (secondary N) is 2. The summed E-state index contributed by atoms with van der Waals surface area (Å²) in [7, 11) is 0. The predicted molar refractivity (Wildman–Crippen MR) is 92.2 cm³/mol. The molecule has 0 radical (unpaired) electrons. The van der Waals surface area contributed by atoms with E-state index in [0.717, 1.165) is 11.3 Å². The summed E-state index contributed by atoms with van der Waals surface area (Å²) < 4.78 is 0. The van der Waals surface area contributed by atoms with Gasteiger partial charge in [-0.15, -0.1) is 0 Å². The second kappa shape index (κ2) is 6.50. The smallest absolute Gasteiger partial charge is 0.252 e. The van der Waals surface area contributed by atoms with E-state index in [1.54, 1.807) is 0 Å². The summed E-state index contributed by atoms with van der Waals surface area (Å²) in [4.78, 5) is 28.8. The molecule has 7 nitrogen and oxygen atoms in total. The Morgan fingerprint density at radius 2 is 2.00 bits per heavy atom. The zero-order chi connectivity index (χ0) is 17.4. The summed E-state index contributed by atoms with van der Waals surface area (Å²) in [5.74, 6) is 0.439. The van der Waals surface area contributed by atoms with Crippen molar-refractivity contribution < 1.29 is 9.59 Å². The first kappa shape index (κ1) is 16.1. The first-order valence-electron chi connectivity index (χ1n) is 8.70. The lowest BCUT2D eigenvalue weighted by molar-refractivity contribution is -0.135. The number of nitrogens with zero attached hydrogens (tertiary/aromatic N) is 3. The first-order valence-corrected chi connectivity index (χ1v) is 8.70. The lowest BCUT2D eigenvalue weighted by Crippen LogP contribution is -2.52. The lowest BCUT2D eigenvalue weighted by atomic mass is 10.1. The maximum Gasteiger partial charge on any atom is 0.252 e. The van der Waals surface area contributed by atoms with Gasteiger partial charge in [0.05, 0.1) is 0 Å². The van der Waals surface area contributed by atoms with Gasteiger partial charge in [-0.1, -0.05) is 30.3 Å². The van der Waals surface area contributed by atoms with Gasteiger partial charge >= 0.3 is 0 Å². The molecule has 2 amide bonds. The van der Waals surface area contributed by atoms with E-state index >= 15 is 0 Å². The minimum Gasteiger partial charge on any atom is -0.338 e. The Balaban J connectivity index is 1.41. The Morgan fingerprint density at radius 1 is 1.20 bits per heavy atom. The summed E-state index contributed by atoms with van der Waals surface area (Å²) in [6.07, 6.45) is 2.46. The van der Waals surface area contributed by atoms with Crippen molar-refractivity contribution in [3.05, 3.63) is 47.8 Å². The minimum atomic E-state index is -0.207. The van der Waals surface area contributed by atoms with E-state index in [4.69, 9.17) is 0 Å². The second-order valence-corrected chi connectivity index (χ2v) is 6.97. The van der Waals surface area contributed by atoms with Crippen LogP contribution in [0.1, 0.15) is 18.9 Å². The van der Waals surface area contributed by atoms with Crippen molar-refractivity contribution in [2.45, 2.75) is 25.9 Å². The van der Waals surface area contributed by atoms with Crippen molar-refractivity contribution in [3.8, 4) is 0 Å². The summed E-state index contributed by atoms with van der Waals surface area (Å²) in [5.41, 5.74) is 8.01. The van der Waals surface area contributed by atoms with Crippen LogP contribution >= 0.6 is 0 Å². The van der Waals surface area contributed by atoms with Crippen LogP contribution in [-0.2, 0) is 16.1 Å². The highest BCUT2D eigenvalue weighted by Crippen LogP contribution is 2.25. The molecule has 0 saturated carbocycles. The maximum atomic E-state index is 12.7. The SMILES string of the molecule is CC1=CN2NNCC2C(=O)N1CC1CC(=O)N(Cc2ccccc2)C1. The van der Waals surface area contributed by atoms with Crippen LogP contribution in [0.25, 0.3) is 0 Å². The van der Waals surface area contributed by atoms with Crippen molar-refractivity contribution >= 4 is 11.8 Å². The molecule has 2 N–H and O–H groups in total. The number of hydrogen-bond acceptors (Lipinski definition) is 5. The molecule has 1 aromatic rings. The average Bonchev–Trinajstić information content (AvgIpc) is 3.19. The third-order valence-electron chi connectivity index (χ3n) is 5.09. The summed E-state index contributed by atoms with van der Waals surface area (Å²) >= 11 is 0. The van der Waals surface area contributed by atoms with Gasteiger partial charge < -0.3 is 9.80 Å². The van der Waals surface area contributed by atoms with Crippen molar-refractivity contribution in [3.63, 3.8) is 0 Å². The molecule has 3 aliphatic heterocycles. The van der Waals surface area contributed by atoms with Gasteiger partial charge in [0.25, 0.3) is 5.91 Å². The zero-order valence-corrected chi connectivity index (χ0v) is 14.3. The van der Waals surface area contributed by atoms with Crippen LogP contribution in [0.4, 0.5) is 0 Å². The molecule has 3 heterocycles. The molecule has 7 heteroatoms. The average molecular weight is 341 g/mol. The number of fused-ring (bicyclic) bond motifs is 1. The van der Waals surface area contributed by atoms with Gasteiger partial charge in [-0.3, -0.25) is 14.6 Å². The minimum absolute atomic E-state index is 0.0893. The van der Waals surface area contributed by atoms with E-state index in [1.807, 2.05) is 58.3 Å². The Labute approximate surface area is 147 Å². The van der Waals surface area contributed by atoms with Crippen molar-refractivity contribution in [2.24, 2.45) is 5.92 Å². The van der Waals surface area contributed by atoms with Gasteiger partial charge in [-0.25, -0.2) is 5.43 Å². The van der Waals surface area contributed by atoms with E-state index in [9.17, 15) is 9.59 Å². The maximum absolute atomic E-state index is 12.7. The molecule has 3 aliphatic rings. The molecule has 0 aromatic heterocycles. The number of hydrazine groups is 2. The highest BCUT2D eigenvalue weighted by Gasteiger charge is 2.39. The van der Waals surface area contributed by atoms with Crippen molar-refractivity contribution in [1.29, 1.82) is 0 Å². The third-order valence-corrected chi connectivity index (χ3v) is 5.09. The quantitative estimate of drug-likeness (QED) is 0.831. The van der Waals surface area contributed by atoms with Crippen molar-refractivity contribution in [1.82, 2.24) is 25.8 Å². The Hall–Kier alpha value is -2.38. The molecule has 132 valence electrons. The van der Waals surface area contributed by atoms with E-state index in [1.165, 1.54) is 0 Å². The van der Waals surface area contributed by atoms with Crippen LogP contribution in [0.2, 0.25) is 0 Å². The number of amides is 2. The fourth-order valence-electron chi connectivity index (χ4n) is 3.79. The van der Waals surface area contributed by atoms with Crippen LogP contribution in [0.15, 0.2) is 42.2 Å². The molecule has 1 aromatic carbocycles. The van der Waals surface area contributed by atoms with Gasteiger partial charge in [-0.2, -0.15) is 5.53 Å². The lowest BCUT2D eigenvalue weighted by Gasteiger charge is -2.35. The first-order chi connectivity index (χ1) is 12.1. The van der Waals surface area contributed by atoms with E-state index < -0.39 is 0 Å². The van der Waals surface area contributed by atoms with Crippen LogP contribution in [0.5, 0.6) is 0 Å². The fourth-order valence-corrected chi connectivity index (χ4v) is 3.79. The Morgan fingerprint density at radius 3 is 2.80 bits per heavy atom. The van der Waals surface area contributed by atoms with Gasteiger partial charge in [-0.05, 0) is 12.5 Å². The molecule has 25 heavy (non-hydrogen) atoms. The van der Waals surface area contributed by atoms with Crippen LogP contribution in [0, 0.1) is 5.92 Å². The third kappa shape index (κ3) is 3.12. The van der Waals surface area contributed by atoms with Gasteiger partial charge in [0.1, 0.15) is 6.04 Å². The molecular formula is C18H23N5O2. The van der Waals surface area contributed by atoms with Gasteiger partial charge in [0.15, 0.2) is 0 Å². The highest BCUT2D eigenvalue weighted by molar-refractivity contribution is 5.85. The fraction of sp³-hybridized carbons (Fsp3) is 0.444. The van der Waals surface area contributed by atoms with Gasteiger partial charge in [0.2, 0.25) is 5.91 Å². The number of hydrogen-bond donors (Lipinski definition) is 2. The largest absolute Gasteiger partial charge is 0.338 e. The number of benzene rings is 1. The van der Waals surface area contributed by atoms with E-state index in [-0.39, 0.29) is 23.8 Å². The van der Waals surface area contributed by atoms with Crippen LogP contribution < -0.4 is 11.0 Å². The number of allylic oxidation sites excluding steroid dienone is 1. The number of carbonyl (C=O) groups is 2. The molecule has 2 unspecified atom stereocenters. The highest BCUT2D eigenvalue weighted by atomic mass is 16.2. The Kier molecular flexibility index (Phi) is 4.19. The van der Waals surface area contributed by atoms with Crippen LogP contribution in [-0.4, -0.2) is 52.3 Å². The molecule has 4 rings (SSSR count). The summed E-state index contributed by atoms with van der Waals surface area (Å²) in [6.45, 7) is 4.47. The number of carbonyl (C=O) groups excluding carboxylic acids is 2. The molecule has 2 fully saturated rings.